The van der Waals surface area contributed by atoms with E-state index in [-0.39, 0.29) is 18.2 Å². The van der Waals surface area contributed by atoms with Crippen molar-refractivity contribution in [2.75, 3.05) is 5.32 Å². The Labute approximate surface area is 163 Å². The van der Waals surface area contributed by atoms with E-state index in [0.717, 1.165) is 16.7 Å². The summed E-state index contributed by atoms with van der Waals surface area (Å²) in [5.74, 6) is 0.634. The van der Waals surface area contributed by atoms with Crippen LogP contribution in [0.2, 0.25) is 0 Å². The summed E-state index contributed by atoms with van der Waals surface area (Å²) in [6.45, 7) is 3.85. The maximum absolute atomic E-state index is 12.1. The average molecular weight is 378 g/mol. The Hall–Kier alpha value is -3.48. The van der Waals surface area contributed by atoms with Crippen molar-refractivity contribution in [1.82, 2.24) is 15.5 Å². The van der Waals surface area contributed by atoms with E-state index in [1.807, 2.05) is 49.4 Å². The lowest BCUT2D eigenvalue weighted by Gasteiger charge is -2.07. The zero-order valence-corrected chi connectivity index (χ0v) is 15.9. The smallest absolute Gasteiger partial charge is 0.247 e. The van der Waals surface area contributed by atoms with Crippen LogP contribution >= 0.6 is 0 Å². The van der Waals surface area contributed by atoms with Crippen LogP contribution < -0.4 is 10.6 Å². The Morgan fingerprint density at radius 1 is 1.07 bits per heavy atom. The maximum Gasteiger partial charge on any atom is 0.247 e. The highest BCUT2D eigenvalue weighted by atomic mass is 16.4. The molecule has 28 heavy (non-hydrogen) atoms. The molecular formula is C21H22N4O3. The molecular weight excluding hydrogens is 356 g/mol. The number of nitrogens with one attached hydrogen (secondary N) is 2. The van der Waals surface area contributed by atoms with Gasteiger partial charge in [-0.2, -0.15) is 0 Å². The number of aromatic nitrogens is 2. The van der Waals surface area contributed by atoms with E-state index in [1.165, 1.54) is 6.92 Å². The fourth-order valence-corrected chi connectivity index (χ4v) is 2.64. The fraction of sp³-hybridized carbons (Fsp3) is 0.238. The van der Waals surface area contributed by atoms with Gasteiger partial charge in [0.15, 0.2) is 0 Å². The number of carbonyl (C=O) groups excluding carboxylic acids is 2. The molecule has 7 heteroatoms. The molecule has 0 spiro atoms. The van der Waals surface area contributed by atoms with Gasteiger partial charge in [0.25, 0.3) is 0 Å². The van der Waals surface area contributed by atoms with Gasteiger partial charge in [-0.05, 0) is 36.8 Å². The molecule has 0 atom stereocenters. The van der Waals surface area contributed by atoms with E-state index in [9.17, 15) is 9.59 Å². The van der Waals surface area contributed by atoms with Gasteiger partial charge in [-0.1, -0.05) is 29.8 Å². The first-order valence-corrected chi connectivity index (χ1v) is 9.02. The summed E-state index contributed by atoms with van der Waals surface area (Å²) in [5, 5.41) is 13.6. The van der Waals surface area contributed by atoms with Crippen molar-refractivity contribution in [2.24, 2.45) is 0 Å². The molecule has 0 aliphatic carbocycles. The van der Waals surface area contributed by atoms with Crippen LogP contribution in [-0.2, 0) is 22.6 Å². The molecule has 0 aliphatic heterocycles. The van der Waals surface area contributed by atoms with E-state index in [1.54, 1.807) is 6.07 Å². The number of aryl methyl sites for hydroxylation is 2. The average Bonchev–Trinajstić information content (AvgIpc) is 3.14. The second-order valence-electron chi connectivity index (χ2n) is 6.53. The third-order valence-corrected chi connectivity index (χ3v) is 4.07. The largest absolute Gasteiger partial charge is 0.421 e. The maximum atomic E-state index is 12.1. The van der Waals surface area contributed by atoms with E-state index in [4.69, 9.17) is 4.42 Å². The highest BCUT2D eigenvalue weighted by Crippen LogP contribution is 2.18. The van der Waals surface area contributed by atoms with Gasteiger partial charge in [0.2, 0.25) is 23.6 Å². The number of amides is 2. The van der Waals surface area contributed by atoms with Gasteiger partial charge in [-0.3, -0.25) is 9.59 Å². The van der Waals surface area contributed by atoms with E-state index < -0.39 is 0 Å². The Morgan fingerprint density at radius 2 is 1.86 bits per heavy atom. The third kappa shape index (κ3) is 5.51. The summed E-state index contributed by atoms with van der Waals surface area (Å²) >= 11 is 0. The minimum absolute atomic E-state index is 0.111. The van der Waals surface area contributed by atoms with Crippen LogP contribution in [0.3, 0.4) is 0 Å². The lowest BCUT2D eigenvalue weighted by atomic mass is 10.1. The van der Waals surface area contributed by atoms with Crippen LogP contribution in [0.4, 0.5) is 5.69 Å². The lowest BCUT2D eigenvalue weighted by Crippen LogP contribution is -2.23. The van der Waals surface area contributed by atoms with Crippen LogP contribution in [0.25, 0.3) is 11.5 Å². The molecule has 1 aromatic heterocycles. The third-order valence-electron chi connectivity index (χ3n) is 4.07. The first-order valence-electron chi connectivity index (χ1n) is 9.02. The number of nitrogens with zero attached hydrogens (tertiary/aromatic N) is 2. The molecule has 3 aromatic rings. The second-order valence-corrected chi connectivity index (χ2v) is 6.53. The number of hydrogen-bond acceptors (Lipinski definition) is 5. The van der Waals surface area contributed by atoms with Gasteiger partial charge in [-0.15, -0.1) is 10.2 Å². The van der Waals surface area contributed by atoms with Gasteiger partial charge >= 0.3 is 0 Å². The summed E-state index contributed by atoms with van der Waals surface area (Å²) in [4.78, 5) is 23.2. The molecule has 2 N–H and O–H groups in total. The van der Waals surface area contributed by atoms with Crippen molar-refractivity contribution in [3.63, 3.8) is 0 Å². The summed E-state index contributed by atoms with van der Waals surface area (Å²) in [5.41, 5.74) is 3.61. The van der Waals surface area contributed by atoms with Crippen molar-refractivity contribution in [2.45, 2.75) is 33.2 Å². The zero-order valence-electron chi connectivity index (χ0n) is 15.9. The number of benzene rings is 2. The van der Waals surface area contributed by atoms with Gasteiger partial charge in [0.1, 0.15) is 0 Å². The summed E-state index contributed by atoms with van der Waals surface area (Å²) < 4.78 is 5.63. The molecule has 0 radical (unpaired) electrons. The molecule has 0 fully saturated rings. The number of rotatable bonds is 7. The van der Waals surface area contributed by atoms with Crippen LogP contribution in [0.5, 0.6) is 0 Å². The standard InChI is InChI=1S/C21H22N4O3/c1-14-6-8-17(9-7-14)21-25-24-20(28-21)11-10-19(27)22-13-16-4-3-5-18(12-16)23-15(2)26/h3-9,12H,10-11,13H2,1-2H3,(H,22,27)(H,23,26). The van der Waals surface area contributed by atoms with Crippen LogP contribution in [0.1, 0.15) is 30.4 Å². The molecule has 0 saturated heterocycles. The first kappa shape index (κ1) is 19.3. The molecule has 2 amide bonds. The van der Waals surface area contributed by atoms with Crippen molar-refractivity contribution >= 4 is 17.5 Å². The SMILES string of the molecule is CC(=O)Nc1cccc(CNC(=O)CCc2nnc(-c3ccc(C)cc3)o2)c1. The van der Waals surface area contributed by atoms with Crippen molar-refractivity contribution in [3.05, 3.63) is 65.5 Å². The Kier molecular flexibility index (Phi) is 6.16. The second kappa shape index (κ2) is 8.94. The normalized spacial score (nSPS) is 10.5. The highest BCUT2D eigenvalue weighted by Gasteiger charge is 2.10. The van der Waals surface area contributed by atoms with Crippen LogP contribution in [0.15, 0.2) is 52.9 Å². The summed E-state index contributed by atoms with van der Waals surface area (Å²) in [6, 6.07) is 15.2. The monoisotopic (exact) mass is 378 g/mol. The van der Waals surface area contributed by atoms with Gasteiger partial charge in [-0.25, -0.2) is 0 Å². The molecule has 0 unspecified atom stereocenters. The molecule has 144 valence electrons. The Bertz CT molecular complexity index is 964. The number of carbonyl (C=O) groups is 2. The van der Waals surface area contributed by atoms with Gasteiger partial charge in [0.05, 0.1) is 0 Å². The minimum atomic E-state index is -0.134. The highest BCUT2D eigenvalue weighted by molar-refractivity contribution is 5.88. The Morgan fingerprint density at radius 3 is 2.61 bits per heavy atom. The van der Waals surface area contributed by atoms with E-state index in [0.29, 0.717) is 30.4 Å². The van der Waals surface area contributed by atoms with E-state index >= 15 is 0 Å². The molecule has 0 bridgehead atoms. The zero-order chi connectivity index (χ0) is 19.9. The molecule has 2 aromatic carbocycles. The first-order chi connectivity index (χ1) is 13.5. The molecule has 0 saturated carbocycles. The molecule has 7 nitrogen and oxygen atoms in total. The van der Waals surface area contributed by atoms with Gasteiger partial charge < -0.3 is 15.1 Å². The molecule has 1 heterocycles. The fourth-order valence-electron chi connectivity index (χ4n) is 2.64. The quantitative estimate of drug-likeness (QED) is 0.658. The number of hydrogen-bond donors (Lipinski definition) is 2. The van der Waals surface area contributed by atoms with Crippen molar-refractivity contribution in [1.29, 1.82) is 0 Å². The van der Waals surface area contributed by atoms with Gasteiger partial charge in [0, 0.05) is 37.6 Å². The number of anilines is 1. The minimum Gasteiger partial charge on any atom is -0.421 e. The summed E-state index contributed by atoms with van der Waals surface area (Å²) in [7, 11) is 0. The van der Waals surface area contributed by atoms with Crippen molar-refractivity contribution in [3.8, 4) is 11.5 Å². The topological polar surface area (TPSA) is 97.1 Å². The van der Waals surface area contributed by atoms with Crippen LogP contribution in [-0.4, -0.2) is 22.0 Å². The predicted octanol–water partition coefficient (Wildman–Crippen LogP) is 3.25. The van der Waals surface area contributed by atoms with Crippen LogP contribution in [0, 0.1) is 6.92 Å². The van der Waals surface area contributed by atoms with Crippen molar-refractivity contribution < 1.29 is 14.0 Å². The predicted molar refractivity (Wildman–Crippen MR) is 105 cm³/mol. The molecule has 0 aliphatic rings. The lowest BCUT2D eigenvalue weighted by molar-refractivity contribution is -0.121. The summed E-state index contributed by atoms with van der Waals surface area (Å²) in [6.07, 6.45) is 0.623. The molecule has 3 rings (SSSR count). The Balaban J connectivity index is 1.48. The van der Waals surface area contributed by atoms with E-state index in [2.05, 4.69) is 20.8 Å².